The summed E-state index contributed by atoms with van der Waals surface area (Å²) in [6.07, 6.45) is 1.42. The van der Waals surface area contributed by atoms with E-state index in [-0.39, 0.29) is 35.6 Å². The average Bonchev–Trinajstić information content (AvgIpc) is 3.21. The highest BCUT2D eigenvalue weighted by molar-refractivity contribution is 7.18. The molecule has 2 aromatic heterocycles. The predicted molar refractivity (Wildman–Crippen MR) is 100 cm³/mol. The standard InChI is InChI=1S/C18H23N3O4S/c1-5-21(11-14(22)20-18(2,3)4)17(24)13-8-9-15(26-13)19-16(23)12-7-6-10-25-12/h6-10H,5,11H2,1-4H3,(H,19,23)(H,20,22). The third-order valence-corrected chi connectivity index (χ3v) is 4.30. The molecule has 3 amide bonds. The molecule has 8 heteroatoms. The summed E-state index contributed by atoms with van der Waals surface area (Å²) in [5.41, 5.74) is -0.355. The van der Waals surface area contributed by atoms with Crippen LogP contribution >= 0.6 is 11.3 Å². The van der Waals surface area contributed by atoms with Gasteiger partial charge in [0.05, 0.1) is 22.7 Å². The monoisotopic (exact) mass is 377 g/mol. The molecule has 26 heavy (non-hydrogen) atoms. The Morgan fingerprint density at radius 3 is 2.50 bits per heavy atom. The Hall–Kier alpha value is -2.61. The van der Waals surface area contributed by atoms with Crippen molar-refractivity contribution in [2.24, 2.45) is 0 Å². The van der Waals surface area contributed by atoms with Gasteiger partial charge in [0, 0.05) is 12.1 Å². The van der Waals surface area contributed by atoms with Gasteiger partial charge in [-0.3, -0.25) is 14.4 Å². The summed E-state index contributed by atoms with van der Waals surface area (Å²) in [4.78, 5) is 38.6. The van der Waals surface area contributed by atoms with E-state index in [9.17, 15) is 14.4 Å². The van der Waals surface area contributed by atoms with Gasteiger partial charge in [-0.25, -0.2) is 0 Å². The molecule has 0 bridgehead atoms. The van der Waals surface area contributed by atoms with E-state index in [1.54, 1.807) is 24.3 Å². The summed E-state index contributed by atoms with van der Waals surface area (Å²) in [6, 6.07) is 6.47. The molecule has 0 spiro atoms. The maximum Gasteiger partial charge on any atom is 0.291 e. The highest BCUT2D eigenvalue weighted by Gasteiger charge is 2.22. The lowest BCUT2D eigenvalue weighted by Gasteiger charge is -2.24. The van der Waals surface area contributed by atoms with Gasteiger partial charge < -0.3 is 20.0 Å². The Bertz CT molecular complexity index is 775. The lowest BCUT2D eigenvalue weighted by molar-refractivity contribution is -0.123. The molecule has 0 atom stereocenters. The van der Waals surface area contributed by atoms with Crippen molar-refractivity contribution in [2.45, 2.75) is 33.2 Å². The number of hydrogen-bond acceptors (Lipinski definition) is 5. The van der Waals surface area contributed by atoms with E-state index >= 15 is 0 Å². The molecule has 0 fully saturated rings. The van der Waals surface area contributed by atoms with Crippen molar-refractivity contribution < 1.29 is 18.8 Å². The van der Waals surface area contributed by atoms with Crippen molar-refractivity contribution in [1.29, 1.82) is 0 Å². The van der Waals surface area contributed by atoms with Crippen molar-refractivity contribution in [3.05, 3.63) is 41.2 Å². The first-order chi connectivity index (χ1) is 12.2. The number of amides is 3. The van der Waals surface area contributed by atoms with Crippen molar-refractivity contribution in [3.63, 3.8) is 0 Å². The van der Waals surface area contributed by atoms with E-state index in [0.717, 1.165) is 11.3 Å². The first-order valence-electron chi connectivity index (χ1n) is 8.24. The van der Waals surface area contributed by atoms with Crippen LogP contribution in [0, 0.1) is 0 Å². The number of nitrogens with one attached hydrogen (secondary N) is 2. The maximum absolute atomic E-state index is 12.6. The zero-order valence-electron chi connectivity index (χ0n) is 15.3. The first-order valence-corrected chi connectivity index (χ1v) is 9.06. The number of furan rings is 1. The van der Waals surface area contributed by atoms with Gasteiger partial charge in [-0.1, -0.05) is 0 Å². The van der Waals surface area contributed by atoms with Gasteiger partial charge in [-0.05, 0) is 52.0 Å². The molecular weight excluding hydrogens is 354 g/mol. The number of anilines is 1. The number of carbonyl (C=O) groups excluding carboxylic acids is 3. The van der Waals surface area contributed by atoms with Crippen LogP contribution in [0.4, 0.5) is 5.00 Å². The summed E-state index contributed by atoms with van der Waals surface area (Å²) < 4.78 is 5.03. The normalized spacial score (nSPS) is 11.1. The number of likely N-dealkylation sites (N-methyl/N-ethyl adjacent to an activating group) is 1. The minimum Gasteiger partial charge on any atom is -0.459 e. The van der Waals surface area contributed by atoms with E-state index in [1.165, 1.54) is 11.2 Å². The number of carbonyl (C=O) groups is 3. The van der Waals surface area contributed by atoms with Crippen molar-refractivity contribution in [2.75, 3.05) is 18.4 Å². The molecule has 0 aromatic carbocycles. The van der Waals surface area contributed by atoms with Gasteiger partial charge in [-0.15, -0.1) is 11.3 Å². The fourth-order valence-corrected chi connectivity index (χ4v) is 3.08. The molecule has 0 radical (unpaired) electrons. The molecule has 0 saturated carbocycles. The quantitative estimate of drug-likeness (QED) is 0.810. The van der Waals surface area contributed by atoms with Crippen LogP contribution in [-0.4, -0.2) is 41.2 Å². The van der Waals surface area contributed by atoms with E-state index in [4.69, 9.17) is 4.42 Å². The molecule has 2 aromatic rings. The molecule has 140 valence electrons. The van der Waals surface area contributed by atoms with Crippen LogP contribution in [0.25, 0.3) is 0 Å². The second kappa shape index (κ2) is 8.18. The van der Waals surface area contributed by atoms with Crippen molar-refractivity contribution in [3.8, 4) is 0 Å². The van der Waals surface area contributed by atoms with Gasteiger partial charge in [0.1, 0.15) is 0 Å². The Morgan fingerprint density at radius 1 is 1.19 bits per heavy atom. The second-order valence-electron chi connectivity index (χ2n) is 6.71. The Kier molecular flexibility index (Phi) is 6.20. The van der Waals surface area contributed by atoms with E-state index in [2.05, 4.69) is 10.6 Å². The lowest BCUT2D eigenvalue weighted by Crippen LogP contribution is -2.47. The molecular formula is C18H23N3O4S. The Labute approximate surface area is 156 Å². The SMILES string of the molecule is CCN(CC(=O)NC(C)(C)C)C(=O)c1ccc(NC(=O)c2ccco2)s1. The smallest absolute Gasteiger partial charge is 0.291 e. The molecule has 0 aliphatic carbocycles. The van der Waals surface area contributed by atoms with Crippen LogP contribution < -0.4 is 10.6 Å². The molecule has 0 aliphatic heterocycles. The number of hydrogen-bond donors (Lipinski definition) is 2. The van der Waals surface area contributed by atoms with Crippen LogP contribution in [0.15, 0.2) is 34.9 Å². The minimum absolute atomic E-state index is 0.0153. The molecule has 2 rings (SSSR count). The third kappa shape index (κ3) is 5.45. The Morgan fingerprint density at radius 2 is 1.92 bits per heavy atom. The number of nitrogens with zero attached hydrogens (tertiary/aromatic N) is 1. The number of rotatable bonds is 6. The molecule has 0 aliphatic rings. The van der Waals surface area contributed by atoms with Crippen molar-refractivity contribution >= 4 is 34.1 Å². The maximum atomic E-state index is 12.6. The van der Waals surface area contributed by atoms with Crippen LogP contribution in [0.1, 0.15) is 47.9 Å². The van der Waals surface area contributed by atoms with Crippen LogP contribution in [0.3, 0.4) is 0 Å². The van der Waals surface area contributed by atoms with Crippen LogP contribution in [-0.2, 0) is 4.79 Å². The lowest BCUT2D eigenvalue weighted by atomic mass is 10.1. The summed E-state index contributed by atoms with van der Waals surface area (Å²) in [7, 11) is 0. The fraction of sp³-hybridized carbons (Fsp3) is 0.389. The molecule has 0 saturated heterocycles. The van der Waals surface area contributed by atoms with Gasteiger partial charge in [0.25, 0.3) is 11.8 Å². The first kappa shape index (κ1) is 19.7. The Balaban J connectivity index is 2.00. The fourth-order valence-electron chi connectivity index (χ4n) is 2.22. The van der Waals surface area contributed by atoms with E-state index in [0.29, 0.717) is 16.4 Å². The highest BCUT2D eigenvalue weighted by Crippen LogP contribution is 2.24. The molecule has 0 unspecified atom stereocenters. The largest absolute Gasteiger partial charge is 0.459 e. The predicted octanol–water partition coefficient (Wildman–Crippen LogP) is 2.97. The highest BCUT2D eigenvalue weighted by atomic mass is 32.1. The van der Waals surface area contributed by atoms with Gasteiger partial charge >= 0.3 is 0 Å². The summed E-state index contributed by atoms with van der Waals surface area (Å²) >= 11 is 1.15. The zero-order chi connectivity index (χ0) is 19.3. The third-order valence-electron chi connectivity index (χ3n) is 3.32. The molecule has 2 N–H and O–H groups in total. The summed E-state index contributed by atoms with van der Waals surface area (Å²) in [6.45, 7) is 7.86. The number of thiophene rings is 1. The second-order valence-corrected chi connectivity index (χ2v) is 7.80. The van der Waals surface area contributed by atoms with Gasteiger partial charge in [-0.2, -0.15) is 0 Å². The van der Waals surface area contributed by atoms with Crippen molar-refractivity contribution in [1.82, 2.24) is 10.2 Å². The van der Waals surface area contributed by atoms with Crippen LogP contribution in [0.5, 0.6) is 0 Å². The van der Waals surface area contributed by atoms with E-state index in [1.807, 2.05) is 27.7 Å². The topological polar surface area (TPSA) is 91.7 Å². The van der Waals surface area contributed by atoms with Gasteiger partial charge in [0.2, 0.25) is 5.91 Å². The van der Waals surface area contributed by atoms with E-state index < -0.39 is 0 Å². The summed E-state index contributed by atoms with van der Waals surface area (Å²) in [5, 5.41) is 6.06. The molecule has 2 heterocycles. The zero-order valence-corrected chi connectivity index (χ0v) is 16.1. The average molecular weight is 377 g/mol. The minimum atomic E-state index is -0.382. The molecule has 7 nitrogen and oxygen atoms in total. The van der Waals surface area contributed by atoms with Gasteiger partial charge in [0.15, 0.2) is 5.76 Å². The van der Waals surface area contributed by atoms with Crippen LogP contribution in [0.2, 0.25) is 0 Å². The summed E-state index contributed by atoms with van der Waals surface area (Å²) in [5.74, 6) is -0.649.